The molecule has 0 bridgehead atoms. The van der Waals surface area contributed by atoms with Crippen LogP contribution in [0.25, 0.3) is 16.9 Å². The van der Waals surface area contributed by atoms with Gasteiger partial charge < -0.3 is 14.2 Å². The SMILES string of the molecule is CC(C)Oc1nccn2c(-c3ccc4c(c3)OCO4)cnc12. The normalized spacial score (nSPS) is 13.0. The second-order valence-corrected chi connectivity index (χ2v) is 5.30. The van der Waals surface area contributed by atoms with E-state index in [1.54, 1.807) is 6.20 Å². The van der Waals surface area contributed by atoms with Crippen molar-refractivity contribution in [3.63, 3.8) is 0 Å². The van der Waals surface area contributed by atoms with Crippen LogP contribution in [0.15, 0.2) is 36.8 Å². The van der Waals surface area contributed by atoms with Crippen molar-refractivity contribution in [2.75, 3.05) is 6.79 Å². The van der Waals surface area contributed by atoms with Crippen LogP contribution in [0.1, 0.15) is 13.8 Å². The highest BCUT2D eigenvalue weighted by Crippen LogP contribution is 2.36. The maximum Gasteiger partial charge on any atom is 0.258 e. The van der Waals surface area contributed by atoms with Crippen LogP contribution >= 0.6 is 0 Å². The lowest BCUT2D eigenvalue weighted by molar-refractivity contribution is 0.174. The van der Waals surface area contributed by atoms with Crippen LogP contribution in [0.4, 0.5) is 0 Å². The average Bonchev–Trinajstić information content (AvgIpc) is 3.12. The van der Waals surface area contributed by atoms with Gasteiger partial charge in [-0.25, -0.2) is 9.97 Å². The number of imidazole rings is 1. The van der Waals surface area contributed by atoms with E-state index in [1.807, 2.05) is 48.8 Å². The summed E-state index contributed by atoms with van der Waals surface area (Å²) in [4.78, 5) is 8.71. The van der Waals surface area contributed by atoms with Gasteiger partial charge in [0.25, 0.3) is 5.88 Å². The van der Waals surface area contributed by atoms with Crippen LogP contribution in [-0.4, -0.2) is 27.3 Å². The fraction of sp³-hybridized carbons (Fsp3) is 0.250. The molecule has 0 unspecified atom stereocenters. The molecule has 0 saturated carbocycles. The van der Waals surface area contributed by atoms with E-state index < -0.39 is 0 Å². The smallest absolute Gasteiger partial charge is 0.258 e. The molecule has 1 aliphatic heterocycles. The zero-order chi connectivity index (χ0) is 15.1. The van der Waals surface area contributed by atoms with E-state index in [2.05, 4.69) is 9.97 Å². The van der Waals surface area contributed by atoms with Gasteiger partial charge in [-0.2, -0.15) is 0 Å². The van der Waals surface area contributed by atoms with Gasteiger partial charge in [-0.05, 0) is 32.0 Å². The first kappa shape index (κ1) is 12.9. The van der Waals surface area contributed by atoms with Gasteiger partial charge in [0, 0.05) is 18.0 Å². The molecule has 0 N–H and O–H groups in total. The lowest BCUT2D eigenvalue weighted by Gasteiger charge is -2.09. The van der Waals surface area contributed by atoms with E-state index in [-0.39, 0.29) is 12.9 Å². The molecule has 0 fully saturated rings. The average molecular weight is 297 g/mol. The Labute approximate surface area is 127 Å². The quantitative estimate of drug-likeness (QED) is 0.744. The van der Waals surface area contributed by atoms with Gasteiger partial charge in [0.05, 0.1) is 18.0 Å². The van der Waals surface area contributed by atoms with Gasteiger partial charge in [0.2, 0.25) is 12.4 Å². The first-order valence-corrected chi connectivity index (χ1v) is 7.11. The number of fused-ring (bicyclic) bond motifs is 2. The maximum atomic E-state index is 5.71. The number of hydrogen-bond acceptors (Lipinski definition) is 5. The third-order valence-electron chi connectivity index (χ3n) is 3.41. The maximum absolute atomic E-state index is 5.71. The van der Waals surface area contributed by atoms with E-state index in [0.29, 0.717) is 11.5 Å². The summed E-state index contributed by atoms with van der Waals surface area (Å²) in [5.74, 6) is 2.05. The van der Waals surface area contributed by atoms with E-state index in [1.165, 1.54) is 0 Å². The molecule has 0 radical (unpaired) electrons. The van der Waals surface area contributed by atoms with E-state index in [9.17, 15) is 0 Å². The Kier molecular flexibility index (Phi) is 2.89. The van der Waals surface area contributed by atoms with Crippen LogP contribution in [0.5, 0.6) is 17.4 Å². The monoisotopic (exact) mass is 297 g/mol. The Morgan fingerprint density at radius 3 is 2.91 bits per heavy atom. The molecular formula is C16H15N3O3. The van der Waals surface area contributed by atoms with Crippen molar-refractivity contribution in [3.8, 4) is 28.6 Å². The summed E-state index contributed by atoms with van der Waals surface area (Å²) in [6.07, 6.45) is 5.43. The molecule has 0 atom stereocenters. The predicted molar refractivity (Wildman–Crippen MR) is 80.3 cm³/mol. The Morgan fingerprint density at radius 1 is 1.18 bits per heavy atom. The first-order valence-electron chi connectivity index (χ1n) is 7.11. The van der Waals surface area contributed by atoms with Gasteiger partial charge in [0.15, 0.2) is 11.5 Å². The molecule has 6 heteroatoms. The Bertz CT molecular complexity index is 842. The highest BCUT2D eigenvalue weighted by atomic mass is 16.7. The molecule has 1 aliphatic rings. The van der Waals surface area contributed by atoms with Crippen molar-refractivity contribution >= 4 is 5.65 Å². The molecule has 0 amide bonds. The fourth-order valence-corrected chi connectivity index (χ4v) is 2.47. The number of benzene rings is 1. The zero-order valence-electron chi connectivity index (χ0n) is 12.3. The molecule has 0 saturated heterocycles. The Balaban J connectivity index is 1.82. The van der Waals surface area contributed by atoms with E-state index in [4.69, 9.17) is 14.2 Å². The minimum Gasteiger partial charge on any atom is -0.472 e. The highest BCUT2D eigenvalue weighted by Gasteiger charge is 2.17. The Morgan fingerprint density at radius 2 is 2.05 bits per heavy atom. The number of rotatable bonds is 3. The predicted octanol–water partition coefficient (Wildman–Crippen LogP) is 2.91. The van der Waals surface area contributed by atoms with Crippen molar-refractivity contribution in [2.45, 2.75) is 20.0 Å². The third kappa shape index (κ3) is 2.04. The lowest BCUT2D eigenvalue weighted by atomic mass is 10.1. The van der Waals surface area contributed by atoms with Crippen LogP contribution in [-0.2, 0) is 0 Å². The van der Waals surface area contributed by atoms with E-state index in [0.717, 1.165) is 22.8 Å². The summed E-state index contributed by atoms with van der Waals surface area (Å²) < 4.78 is 18.5. The van der Waals surface area contributed by atoms with E-state index >= 15 is 0 Å². The molecule has 6 nitrogen and oxygen atoms in total. The largest absolute Gasteiger partial charge is 0.472 e. The van der Waals surface area contributed by atoms with Crippen molar-refractivity contribution in [1.82, 2.24) is 14.4 Å². The number of hydrogen-bond donors (Lipinski definition) is 0. The van der Waals surface area contributed by atoms with Gasteiger partial charge in [0.1, 0.15) is 0 Å². The summed E-state index contributed by atoms with van der Waals surface area (Å²) >= 11 is 0. The minimum absolute atomic E-state index is 0.0457. The summed E-state index contributed by atoms with van der Waals surface area (Å²) in [5.41, 5.74) is 2.65. The molecule has 112 valence electrons. The Hall–Kier alpha value is -2.76. The molecule has 3 heterocycles. The van der Waals surface area contributed by atoms with Crippen LogP contribution in [0.2, 0.25) is 0 Å². The second-order valence-electron chi connectivity index (χ2n) is 5.30. The first-order chi connectivity index (χ1) is 10.7. The standard InChI is InChI=1S/C16H15N3O3/c1-10(2)22-16-15-18-8-12(19(15)6-5-17-16)11-3-4-13-14(7-11)21-9-20-13/h3-8,10H,9H2,1-2H3. The molecule has 0 aliphatic carbocycles. The molecule has 3 aromatic rings. The summed E-state index contributed by atoms with van der Waals surface area (Å²) in [6, 6.07) is 5.85. The highest BCUT2D eigenvalue weighted by molar-refractivity contribution is 5.68. The minimum atomic E-state index is 0.0457. The molecular weight excluding hydrogens is 282 g/mol. The number of ether oxygens (including phenoxy) is 3. The van der Waals surface area contributed by atoms with Crippen LogP contribution in [0.3, 0.4) is 0 Å². The third-order valence-corrected chi connectivity index (χ3v) is 3.41. The van der Waals surface area contributed by atoms with Crippen molar-refractivity contribution in [2.24, 2.45) is 0 Å². The summed E-state index contributed by atoms with van der Waals surface area (Å²) in [7, 11) is 0. The molecule has 2 aromatic heterocycles. The molecule has 0 spiro atoms. The van der Waals surface area contributed by atoms with Crippen LogP contribution < -0.4 is 14.2 Å². The molecule has 4 rings (SSSR count). The zero-order valence-corrected chi connectivity index (χ0v) is 12.3. The van der Waals surface area contributed by atoms with Crippen LogP contribution in [0, 0.1) is 0 Å². The second kappa shape index (κ2) is 4.91. The number of nitrogens with zero attached hydrogens (tertiary/aromatic N) is 3. The van der Waals surface area contributed by atoms with Crippen molar-refractivity contribution in [1.29, 1.82) is 0 Å². The van der Waals surface area contributed by atoms with Gasteiger partial charge in [-0.15, -0.1) is 0 Å². The van der Waals surface area contributed by atoms with Gasteiger partial charge >= 0.3 is 0 Å². The fourth-order valence-electron chi connectivity index (χ4n) is 2.47. The molecule has 1 aromatic carbocycles. The summed E-state index contributed by atoms with van der Waals surface area (Å²) in [6.45, 7) is 4.20. The summed E-state index contributed by atoms with van der Waals surface area (Å²) in [5, 5.41) is 0. The van der Waals surface area contributed by atoms with Gasteiger partial charge in [-0.1, -0.05) is 0 Å². The van der Waals surface area contributed by atoms with Gasteiger partial charge in [-0.3, -0.25) is 4.40 Å². The topological polar surface area (TPSA) is 57.9 Å². The lowest BCUT2D eigenvalue weighted by Crippen LogP contribution is -2.08. The number of aromatic nitrogens is 3. The van der Waals surface area contributed by atoms with Crippen molar-refractivity contribution < 1.29 is 14.2 Å². The van der Waals surface area contributed by atoms with Crippen molar-refractivity contribution in [3.05, 3.63) is 36.8 Å². The molecule has 22 heavy (non-hydrogen) atoms.